The molecule has 2 rings (SSSR count). The van der Waals surface area contributed by atoms with Gasteiger partial charge in [0.1, 0.15) is 5.82 Å². The van der Waals surface area contributed by atoms with Crippen LogP contribution >= 0.6 is 0 Å². The molecule has 3 nitrogen and oxygen atoms in total. The molecule has 110 valence electrons. The molecule has 0 aromatic heterocycles. The zero-order valence-corrected chi connectivity index (χ0v) is 11.2. The van der Waals surface area contributed by atoms with Crippen LogP contribution in [0.3, 0.4) is 0 Å². The number of rotatable bonds is 3. The van der Waals surface area contributed by atoms with Crippen molar-refractivity contribution in [2.45, 2.75) is 6.54 Å². The molecule has 0 aliphatic rings. The third-order valence-corrected chi connectivity index (χ3v) is 2.98. The van der Waals surface area contributed by atoms with Crippen molar-refractivity contribution >= 4 is 11.6 Å². The Labute approximate surface area is 119 Å². The molecule has 6 heteroatoms. The average molecular weight is 294 g/mol. The van der Waals surface area contributed by atoms with E-state index in [0.29, 0.717) is 5.56 Å². The van der Waals surface area contributed by atoms with Crippen LogP contribution in [0.25, 0.3) is 0 Å². The van der Waals surface area contributed by atoms with E-state index in [1.54, 1.807) is 6.07 Å². The van der Waals surface area contributed by atoms with Crippen molar-refractivity contribution in [1.82, 2.24) is 4.90 Å². The lowest BCUT2D eigenvalue weighted by Crippen LogP contribution is -2.27. The van der Waals surface area contributed by atoms with Crippen LogP contribution in [0.15, 0.2) is 36.4 Å². The Morgan fingerprint density at radius 2 is 1.81 bits per heavy atom. The normalized spacial score (nSPS) is 10.5. The van der Waals surface area contributed by atoms with Gasteiger partial charge < -0.3 is 10.6 Å². The fourth-order valence-electron chi connectivity index (χ4n) is 1.93. The largest absolute Gasteiger partial charge is 0.398 e. The molecule has 0 fully saturated rings. The Balaban J connectivity index is 2.22. The number of benzene rings is 2. The summed E-state index contributed by atoms with van der Waals surface area (Å²) in [6, 6.07) is 7.28. The Morgan fingerprint density at radius 3 is 2.48 bits per heavy atom. The van der Waals surface area contributed by atoms with Crippen LogP contribution in [0.5, 0.6) is 0 Å². The summed E-state index contributed by atoms with van der Waals surface area (Å²) in [5.41, 5.74) is 5.83. The summed E-state index contributed by atoms with van der Waals surface area (Å²) in [6.45, 7) is 0.120. The van der Waals surface area contributed by atoms with Crippen molar-refractivity contribution in [3.63, 3.8) is 0 Å². The second kappa shape index (κ2) is 5.87. The average Bonchev–Trinajstić information content (AvgIpc) is 2.42. The van der Waals surface area contributed by atoms with E-state index in [2.05, 4.69) is 0 Å². The van der Waals surface area contributed by atoms with E-state index < -0.39 is 23.4 Å². The lowest BCUT2D eigenvalue weighted by molar-refractivity contribution is 0.0785. The van der Waals surface area contributed by atoms with E-state index in [-0.39, 0.29) is 17.8 Å². The van der Waals surface area contributed by atoms with Crippen LogP contribution in [0.1, 0.15) is 15.9 Å². The number of amides is 1. The number of carbonyl (C=O) groups excluding carboxylic acids is 1. The minimum absolute atomic E-state index is 0.120. The Hall–Kier alpha value is -2.50. The van der Waals surface area contributed by atoms with Gasteiger partial charge in [-0.2, -0.15) is 0 Å². The third kappa shape index (κ3) is 3.34. The highest BCUT2D eigenvalue weighted by atomic mass is 19.2. The molecule has 0 aliphatic heterocycles. The minimum atomic E-state index is -1.15. The third-order valence-electron chi connectivity index (χ3n) is 2.98. The Kier molecular flexibility index (Phi) is 4.16. The van der Waals surface area contributed by atoms with Crippen LogP contribution in [-0.2, 0) is 6.54 Å². The van der Waals surface area contributed by atoms with Gasteiger partial charge in [0.15, 0.2) is 11.6 Å². The number of nitrogens with zero attached hydrogens (tertiary/aromatic N) is 1. The lowest BCUT2D eigenvalue weighted by Gasteiger charge is -2.18. The quantitative estimate of drug-likeness (QED) is 0.885. The number of nitrogens with two attached hydrogens (primary N) is 1. The molecule has 0 spiro atoms. The van der Waals surface area contributed by atoms with Gasteiger partial charge in [-0.05, 0) is 23.8 Å². The molecule has 0 aliphatic carbocycles. The highest BCUT2D eigenvalue weighted by Crippen LogP contribution is 2.19. The summed E-state index contributed by atoms with van der Waals surface area (Å²) in [4.78, 5) is 13.4. The number of nitrogen functional groups attached to an aromatic ring is 1. The summed E-state index contributed by atoms with van der Waals surface area (Å²) in [5, 5.41) is 0. The van der Waals surface area contributed by atoms with Gasteiger partial charge >= 0.3 is 0 Å². The molecule has 0 bridgehead atoms. The molecule has 1 amide bonds. The van der Waals surface area contributed by atoms with Gasteiger partial charge in [0.25, 0.3) is 5.91 Å². The van der Waals surface area contributed by atoms with Crippen molar-refractivity contribution in [2.24, 2.45) is 0 Å². The molecule has 0 atom stereocenters. The van der Waals surface area contributed by atoms with Gasteiger partial charge in [0.2, 0.25) is 0 Å². The summed E-state index contributed by atoms with van der Waals surface area (Å²) in [6.07, 6.45) is 0. The standard InChI is InChI=1S/C15H13F3N2O/c1-20(8-9-3-2-4-10(16)5-9)15(21)11-6-12(17)13(18)7-14(11)19/h2-7H,8,19H2,1H3. The first-order valence-corrected chi connectivity index (χ1v) is 6.13. The molecule has 21 heavy (non-hydrogen) atoms. The number of halogens is 3. The van der Waals surface area contributed by atoms with E-state index in [1.165, 1.54) is 30.1 Å². The van der Waals surface area contributed by atoms with Crippen LogP contribution in [0.2, 0.25) is 0 Å². The van der Waals surface area contributed by atoms with Gasteiger partial charge in [-0.15, -0.1) is 0 Å². The van der Waals surface area contributed by atoms with Gasteiger partial charge in [-0.25, -0.2) is 13.2 Å². The van der Waals surface area contributed by atoms with Crippen molar-refractivity contribution in [2.75, 3.05) is 12.8 Å². The van der Waals surface area contributed by atoms with E-state index in [1.807, 2.05) is 0 Å². The van der Waals surface area contributed by atoms with Gasteiger partial charge in [-0.1, -0.05) is 12.1 Å². The maximum atomic E-state index is 13.2. The van der Waals surface area contributed by atoms with Crippen LogP contribution in [-0.4, -0.2) is 17.9 Å². The van der Waals surface area contributed by atoms with Crippen molar-refractivity contribution in [1.29, 1.82) is 0 Å². The number of hydrogen-bond acceptors (Lipinski definition) is 2. The molecule has 2 aromatic rings. The van der Waals surface area contributed by atoms with Gasteiger partial charge in [-0.3, -0.25) is 4.79 Å². The summed E-state index contributed by atoms with van der Waals surface area (Å²) in [5.74, 6) is -3.25. The second-order valence-corrected chi connectivity index (χ2v) is 4.64. The van der Waals surface area contributed by atoms with Crippen LogP contribution in [0.4, 0.5) is 18.9 Å². The Bertz CT molecular complexity index is 689. The Morgan fingerprint density at radius 1 is 1.14 bits per heavy atom. The van der Waals surface area contributed by atoms with Crippen molar-refractivity contribution in [3.8, 4) is 0 Å². The predicted molar refractivity (Wildman–Crippen MR) is 73.0 cm³/mol. The topological polar surface area (TPSA) is 46.3 Å². The van der Waals surface area contributed by atoms with E-state index in [4.69, 9.17) is 5.73 Å². The van der Waals surface area contributed by atoms with Crippen molar-refractivity contribution < 1.29 is 18.0 Å². The monoisotopic (exact) mass is 294 g/mol. The van der Waals surface area contributed by atoms with Gasteiger partial charge in [0, 0.05) is 25.3 Å². The predicted octanol–water partition coefficient (Wildman–Crippen LogP) is 2.96. The maximum Gasteiger partial charge on any atom is 0.256 e. The van der Waals surface area contributed by atoms with Crippen LogP contribution in [0, 0.1) is 17.5 Å². The van der Waals surface area contributed by atoms with E-state index >= 15 is 0 Å². The molecule has 2 N–H and O–H groups in total. The minimum Gasteiger partial charge on any atom is -0.398 e. The zero-order chi connectivity index (χ0) is 15.6. The molecular weight excluding hydrogens is 281 g/mol. The highest BCUT2D eigenvalue weighted by molar-refractivity contribution is 5.99. The molecule has 2 aromatic carbocycles. The maximum absolute atomic E-state index is 13.2. The van der Waals surface area contributed by atoms with Crippen LogP contribution < -0.4 is 5.73 Å². The first-order valence-electron chi connectivity index (χ1n) is 6.13. The molecule has 0 saturated heterocycles. The fraction of sp³-hybridized carbons (Fsp3) is 0.133. The molecule has 0 saturated carbocycles. The highest BCUT2D eigenvalue weighted by Gasteiger charge is 2.18. The lowest BCUT2D eigenvalue weighted by atomic mass is 10.1. The van der Waals surface area contributed by atoms with E-state index in [0.717, 1.165) is 12.1 Å². The van der Waals surface area contributed by atoms with Gasteiger partial charge in [0.05, 0.1) is 5.56 Å². The smallest absolute Gasteiger partial charge is 0.256 e. The summed E-state index contributed by atoms with van der Waals surface area (Å²) >= 11 is 0. The molecule has 0 heterocycles. The molecule has 0 radical (unpaired) electrons. The zero-order valence-electron chi connectivity index (χ0n) is 11.2. The van der Waals surface area contributed by atoms with Crippen molar-refractivity contribution in [3.05, 3.63) is 65.0 Å². The molecular formula is C15H13F3N2O. The first kappa shape index (κ1) is 14.9. The van der Waals surface area contributed by atoms with E-state index in [9.17, 15) is 18.0 Å². The summed E-state index contributed by atoms with van der Waals surface area (Å²) < 4.78 is 39.3. The number of carbonyl (C=O) groups is 1. The molecule has 0 unspecified atom stereocenters. The fourth-order valence-corrected chi connectivity index (χ4v) is 1.93. The number of anilines is 1. The SMILES string of the molecule is CN(Cc1cccc(F)c1)C(=O)c1cc(F)c(F)cc1N. The summed E-state index contributed by atoms with van der Waals surface area (Å²) in [7, 11) is 1.47. The second-order valence-electron chi connectivity index (χ2n) is 4.64. The number of hydrogen-bond donors (Lipinski definition) is 1. The first-order chi connectivity index (χ1) is 9.88.